The van der Waals surface area contributed by atoms with Crippen LogP contribution in [0, 0.1) is 6.92 Å². The Bertz CT molecular complexity index is 828. The summed E-state index contributed by atoms with van der Waals surface area (Å²) in [6.45, 7) is 1.43. The lowest BCUT2D eigenvalue weighted by molar-refractivity contribution is -0.118. The first-order valence-electron chi connectivity index (χ1n) is 7.49. The van der Waals surface area contributed by atoms with Gasteiger partial charge in [0.25, 0.3) is 5.91 Å². The second kappa shape index (κ2) is 8.02. The van der Waals surface area contributed by atoms with E-state index in [0.29, 0.717) is 11.4 Å². The lowest BCUT2D eigenvalue weighted by Crippen LogP contribution is -2.21. The molecular weight excluding hydrogens is 342 g/mol. The number of carboxylic acid groups (broad SMARTS) is 2. The number of hydrogen-bond acceptors (Lipinski definition) is 5. The van der Waals surface area contributed by atoms with E-state index in [9.17, 15) is 14.4 Å². The molecule has 0 aromatic heterocycles. The average molecular weight is 359 g/mol. The van der Waals surface area contributed by atoms with Gasteiger partial charge in [-0.15, -0.1) is 0 Å². The van der Waals surface area contributed by atoms with Gasteiger partial charge in [-0.25, -0.2) is 9.59 Å². The molecule has 8 heteroatoms. The molecule has 0 aliphatic carbocycles. The Labute approximate surface area is 149 Å². The van der Waals surface area contributed by atoms with Crippen LogP contribution in [0.4, 0.5) is 5.69 Å². The number of amides is 1. The summed E-state index contributed by atoms with van der Waals surface area (Å²) in [5.41, 5.74) is 0.884. The first-order chi connectivity index (χ1) is 12.3. The molecule has 0 fully saturated rings. The molecule has 0 atom stereocenters. The molecule has 0 heterocycles. The van der Waals surface area contributed by atoms with Crippen LogP contribution in [-0.4, -0.2) is 41.8 Å². The van der Waals surface area contributed by atoms with E-state index in [-0.39, 0.29) is 16.9 Å². The largest absolute Gasteiger partial charge is 0.495 e. The Hall–Kier alpha value is -3.55. The number of anilines is 1. The maximum absolute atomic E-state index is 12.1. The molecule has 0 bridgehead atoms. The van der Waals surface area contributed by atoms with E-state index in [1.54, 1.807) is 12.1 Å². The highest BCUT2D eigenvalue weighted by Crippen LogP contribution is 2.25. The number of benzene rings is 2. The summed E-state index contributed by atoms with van der Waals surface area (Å²) >= 11 is 0. The number of carboxylic acids is 2. The van der Waals surface area contributed by atoms with Crippen LogP contribution in [0.25, 0.3) is 0 Å². The minimum absolute atomic E-state index is 0.0337. The molecule has 0 spiro atoms. The summed E-state index contributed by atoms with van der Waals surface area (Å²) in [5, 5.41) is 20.7. The van der Waals surface area contributed by atoms with Crippen LogP contribution in [-0.2, 0) is 4.79 Å². The molecular formula is C18H17NO7. The predicted molar refractivity (Wildman–Crippen MR) is 92.2 cm³/mol. The lowest BCUT2D eigenvalue weighted by atomic mass is 10.1. The second-order valence-corrected chi connectivity index (χ2v) is 5.40. The quantitative estimate of drug-likeness (QED) is 0.694. The summed E-state index contributed by atoms with van der Waals surface area (Å²) in [6, 6.07) is 8.57. The molecule has 26 heavy (non-hydrogen) atoms. The minimum Gasteiger partial charge on any atom is -0.495 e. The SMILES string of the molecule is COc1ccc(C)cc1NC(=O)COc1cc(C(=O)O)cc(C(=O)O)c1. The Kier molecular flexibility index (Phi) is 5.79. The second-order valence-electron chi connectivity index (χ2n) is 5.40. The van der Waals surface area contributed by atoms with Gasteiger partial charge in [0.15, 0.2) is 6.61 Å². The fourth-order valence-electron chi connectivity index (χ4n) is 2.18. The van der Waals surface area contributed by atoms with Gasteiger partial charge in [-0.1, -0.05) is 6.07 Å². The number of carbonyl (C=O) groups is 3. The number of carbonyl (C=O) groups excluding carboxylic acids is 1. The number of rotatable bonds is 7. The smallest absolute Gasteiger partial charge is 0.335 e. The molecule has 3 N–H and O–H groups in total. The molecule has 0 radical (unpaired) electrons. The Morgan fingerprint density at radius 1 is 1.00 bits per heavy atom. The van der Waals surface area contributed by atoms with Crippen LogP contribution in [0.2, 0.25) is 0 Å². The normalized spacial score (nSPS) is 10.1. The van der Waals surface area contributed by atoms with Gasteiger partial charge < -0.3 is 25.0 Å². The first-order valence-corrected chi connectivity index (χ1v) is 7.49. The fourth-order valence-corrected chi connectivity index (χ4v) is 2.18. The molecule has 0 aliphatic rings. The van der Waals surface area contributed by atoms with E-state index in [0.717, 1.165) is 23.8 Å². The third-order valence-corrected chi connectivity index (χ3v) is 3.40. The monoisotopic (exact) mass is 359 g/mol. The summed E-state index contributed by atoms with van der Waals surface area (Å²) < 4.78 is 10.4. The molecule has 0 unspecified atom stereocenters. The van der Waals surface area contributed by atoms with Gasteiger partial charge in [-0.05, 0) is 42.8 Å². The maximum atomic E-state index is 12.1. The van der Waals surface area contributed by atoms with Crippen molar-refractivity contribution in [3.63, 3.8) is 0 Å². The van der Waals surface area contributed by atoms with Gasteiger partial charge in [-0.2, -0.15) is 0 Å². The van der Waals surface area contributed by atoms with Gasteiger partial charge in [0.2, 0.25) is 0 Å². The van der Waals surface area contributed by atoms with Crippen molar-refractivity contribution in [1.29, 1.82) is 0 Å². The fraction of sp³-hybridized carbons (Fsp3) is 0.167. The molecule has 2 aromatic carbocycles. The van der Waals surface area contributed by atoms with E-state index in [1.165, 1.54) is 7.11 Å². The molecule has 136 valence electrons. The number of aromatic carboxylic acids is 2. The molecule has 8 nitrogen and oxygen atoms in total. The van der Waals surface area contributed by atoms with Crippen molar-refractivity contribution < 1.29 is 34.1 Å². The van der Waals surface area contributed by atoms with Crippen molar-refractivity contribution in [2.24, 2.45) is 0 Å². The summed E-state index contributed by atoms with van der Waals surface area (Å²) in [6.07, 6.45) is 0. The summed E-state index contributed by atoms with van der Waals surface area (Å²) in [7, 11) is 1.47. The van der Waals surface area contributed by atoms with E-state index in [4.69, 9.17) is 19.7 Å². The van der Waals surface area contributed by atoms with Crippen molar-refractivity contribution in [2.75, 3.05) is 19.0 Å². The third kappa shape index (κ3) is 4.73. The van der Waals surface area contributed by atoms with Gasteiger partial charge in [0.05, 0.1) is 23.9 Å². The highest BCUT2D eigenvalue weighted by molar-refractivity contribution is 5.95. The van der Waals surface area contributed by atoms with E-state index in [1.807, 2.05) is 13.0 Å². The molecule has 2 aromatic rings. The van der Waals surface area contributed by atoms with Crippen molar-refractivity contribution in [3.05, 3.63) is 53.1 Å². The Balaban J connectivity index is 2.11. The lowest BCUT2D eigenvalue weighted by Gasteiger charge is -2.12. The highest BCUT2D eigenvalue weighted by atomic mass is 16.5. The summed E-state index contributed by atoms with van der Waals surface area (Å²) in [4.78, 5) is 34.2. The highest BCUT2D eigenvalue weighted by Gasteiger charge is 2.14. The van der Waals surface area contributed by atoms with Gasteiger partial charge in [0, 0.05) is 0 Å². The van der Waals surface area contributed by atoms with E-state index >= 15 is 0 Å². The zero-order chi connectivity index (χ0) is 19.3. The molecule has 0 aliphatic heterocycles. The third-order valence-electron chi connectivity index (χ3n) is 3.40. The summed E-state index contributed by atoms with van der Waals surface area (Å²) in [5.74, 6) is -2.66. The standard InChI is InChI=1S/C18H17NO7/c1-10-3-4-15(25-2)14(5-10)19-16(20)9-26-13-7-11(17(21)22)6-12(8-13)18(23)24/h3-8H,9H2,1-2H3,(H,19,20)(H,21,22)(H,23,24). The van der Waals surface area contributed by atoms with Crippen molar-refractivity contribution >= 4 is 23.5 Å². The van der Waals surface area contributed by atoms with Crippen LogP contribution >= 0.6 is 0 Å². The Morgan fingerprint density at radius 3 is 2.15 bits per heavy atom. The molecule has 1 amide bonds. The average Bonchev–Trinajstić information content (AvgIpc) is 2.60. The number of methoxy groups -OCH3 is 1. The van der Waals surface area contributed by atoms with Crippen molar-refractivity contribution in [2.45, 2.75) is 6.92 Å². The zero-order valence-corrected chi connectivity index (χ0v) is 14.1. The molecule has 0 saturated carbocycles. The van der Waals surface area contributed by atoms with Crippen LogP contribution < -0.4 is 14.8 Å². The van der Waals surface area contributed by atoms with Crippen LogP contribution in [0.1, 0.15) is 26.3 Å². The van der Waals surface area contributed by atoms with E-state index < -0.39 is 24.5 Å². The topological polar surface area (TPSA) is 122 Å². The molecule has 0 saturated heterocycles. The minimum atomic E-state index is -1.30. The first kappa shape index (κ1) is 18.8. The van der Waals surface area contributed by atoms with Crippen LogP contribution in [0.3, 0.4) is 0 Å². The van der Waals surface area contributed by atoms with Gasteiger partial charge in [0.1, 0.15) is 11.5 Å². The number of ether oxygens (including phenoxy) is 2. The Morgan fingerprint density at radius 2 is 1.62 bits per heavy atom. The number of nitrogens with one attached hydrogen (secondary N) is 1. The molecule has 2 rings (SSSR count). The van der Waals surface area contributed by atoms with E-state index in [2.05, 4.69) is 5.32 Å². The number of aryl methyl sites for hydroxylation is 1. The van der Waals surface area contributed by atoms with Gasteiger partial charge >= 0.3 is 11.9 Å². The predicted octanol–water partition coefficient (Wildman–Crippen LogP) is 2.42. The van der Waals surface area contributed by atoms with Crippen molar-refractivity contribution in [3.8, 4) is 11.5 Å². The zero-order valence-electron chi connectivity index (χ0n) is 14.1. The number of hydrogen-bond donors (Lipinski definition) is 3. The van der Waals surface area contributed by atoms with Gasteiger partial charge in [-0.3, -0.25) is 4.79 Å². The van der Waals surface area contributed by atoms with Crippen LogP contribution in [0.15, 0.2) is 36.4 Å². The van der Waals surface area contributed by atoms with Crippen molar-refractivity contribution in [1.82, 2.24) is 0 Å². The maximum Gasteiger partial charge on any atom is 0.335 e. The van der Waals surface area contributed by atoms with Crippen LogP contribution in [0.5, 0.6) is 11.5 Å².